The van der Waals surface area contributed by atoms with Crippen LogP contribution in [-0.4, -0.2) is 40.3 Å². The van der Waals surface area contributed by atoms with Crippen LogP contribution in [0.2, 0.25) is 0 Å². The third kappa shape index (κ3) is 5.98. The SMILES string of the molecule is COc1ccc(CN(CCCn2ccnc2)C(=S)Nc2cccc(C)c2C)c(OC)c1. The van der Waals surface area contributed by atoms with Gasteiger partial charge in [-0.15, -0.1) is 0 Å². The van der Waals surface area contributed by atoms with Gasteiger partial charge >= 0.3 is 0 Å². The molecule has 0 radical (unpaired) electrons. The standard InChI is InChI=1S/C24H30N4O2S/c1-18-7-5-8-22(19(18)2)26-24(31)28(13-6-12-27-14-11-25-17-27)16-20-9-10-21(29-3)15-23(20)30-4/h5,7-11,14-15,17H,6,12-13,16H2,1-4H3,(H,26,31). The Bertz CT molecular complexity index is 1000. The van der Waals surface area contributed by atoms with E-state index in [1.807, 2.05) is 36.8 Å². The summed E-state index contributed by atoms with van der Waals surface area (Å²) in [4.78, 5) is 6.30. The molecule has 0 saturated heterocycles. The predicted molar refractivity (Wildman–Crippen MR) is 129 cm³/mol. The van der Waals surface area contributed by atoms with Crippen molar-refractivity contribution in [1.82, 2.24) is 14.5 Å². The van der Waals surface area contributed by atoms with Crippen molar-refractivity contribution in [2.24, 2.45) is 0 Å². The molecule has 0 unspecified atom stereocenters. The Kier molecular flexibility index (Phi) is 7.89. The molecule has 3 rings (SSSR count). The molecule has 31 heavy (non-hydrogen) atoms. The highest BCUT2D eigenvalue weighted by molar-refractivity contribution is 7.80. The summed E-state index contributed by atoms with van der Waals surface area (Å²) in [5.74, 6) is 1.55. The average molecular weight is 439 g/mol. The van der Waals surface area contributed by atoms with Crippen molar-refractivity contribution in [3.05, 3.63) is 71.8 Å². The molecular formula is C24H30N4O2S. The Morgan fingerprint density at radius 1 is 1.16 bits per heavy atom. The molecule has 3 aromatic rings. The molecule has 1 heterocycles. The molecule has 0 spiro atoms. The van der Waals surface area contributed by atoms with Crippen LogP contribution in [0.5, 0.6) is 11.5 Å². The largest absolute Gasteiger partial charge is 0.497 e. The quantitative estimate of drug-likeness (QED) is 0.484. The van der Waals surface area contributed by atoms with E-state index in [-0.39, 0.29) is 0 Å². The lowest BCUT2D eigenvalue weighted by atomic mass is 10.1. The van der Waals surface area contributed by atoms with Crippen molar-refractivity contribution >= 4 is 23.0 Å². The van der Waals surface area contributed by atoms with E-state index < -0.39 is 0 Å². The van der Waals surface area contributed by atoms with Crippen LogP contribution in [0, 0.1) is 13.8 Å². The third-order valence-corrected chi connectivity index (χ3v) is 5.75. The Hall–Kier alpha value is -3.06. The second-order valence-corrected chi connectivity index (χ2v) is 7.82. The molecule has 0 fully saturated rings. The van der Waals surface area contributed by atoms with Crippen LogP contribution in [0.25, 0.3) is 0 Å². The van der Waals surface area contributed by atoms with Crippen LogP contribution in [0.15, 0.2) is 55.1 Å². The zero-order valence-electron chi connectivity index (χ0n) is 18.6. The Morgan fingerprint density at radius 2 is 2.00 bits per heavy atom. The van der Waals surface area contributed by atoms with Gasteiger partial charge in [-0.05, 0) is 61.8 Å². The van der Waals surface area contributed by atoms with E-state index in [1.54, 1.807) is 20.4 Å². The first-order valence-electron chi connectivity index (χ1n) is 10.3. The summed E-state index contributed by atoms with van der Waals surface area (Å²) in [6.07, 6.45) is 6.54. The van der Waals surface area contributed by atoms with E-state index in [0.717, 1.165) is 42.3 Å². The molecule has 0 aliphatic carbocycles. The molecule has 0 saturated carbocycles. The van der Waals surface area contributed by atoms with Gasteiger partial charge in [-0.3, -0.25) is 0 Å². The molecule has 164 valence electrons. The third-order valence-electron chi connectivity index (χ3n) is 5.39. The second-order valence-electron chi connectivity index (χ2n) is 7.43. The molecule has 7 heteroatoms. The summed E-state index contributed by atoms with van der Waals surface area (Å²) in [5.41, 5.74) is 4.52. The molecule has 0 atom stereocenters. The Balaban J connectivity index is 1.78. The van der Waals surface area contributed by atoms with Crippen molar-refractivity contribution in [2.45, 2.75) is 33.4 Å². The van der Waals surface area contributed by atoms with Gasteiger partial charge in [-0.2, -0.15) is 0 Å². The maximum Gasteiger partial charge on any atom is 0.173 e. The topological polar surface area (TPSA) is 51.5 Å². The summed E-state index contributed by atoms with van der Waals surface area (Å²) >= 11 is 5.83. The lowest BCUT2D eigenvalue weighted by Gasteiger charge is -2.27. The fourth-order valence-corrected chi connectivity index (χ4v) is 3.65. The number of hydrogen-bond acceptors (Lipinski definition) is 4. The summed E-state index contributed by atoms with van der Waals surface area (Å²) < 4.78 is 13.0. The minimum absolute atomic E-state index is 0.633. The van der Waals surface area contributed by atoms with E-state index in [4.69, 9.17) is 21.7 Å². The molecule has 1 aromatic heterocycles. The summed E-state index contributed by atoms with van der Waals surface area (Å²) in [6.45, 7) is 6.52. The molecule has 0 aliphatic rings. The van der Waals surface area contributed by atoms with Gasteiger partial charge in [0.15, 0.2) is 5.11 Å². The number of hydrogen-bond donors (Lipinski definition) is 1. The monoisotopic (exact) mass is 438 g/mol. The van der Waals surface area contributed by atoms with Crippen molar-refractivity contribution in [3.8, 4) is 11.5 Å². The molecule has 6 nitrogen and oxygen atoms in total. The smallest absolute Gasteiger partial charge is 0.173 e. The number of thiocarbonyl (C=S) groups is 1. The summed E-state index contributed by atoms with van der Waals surface area (Å²) in [7, 11) is 3.33. The highest BCUT2D eigenvalue weighted by Crippen LogP contribution is 2.26. The zero-order chi connectivity index (χ0) is 22.2. The second kappa shape index (κ2) is 10.8. The highest BCUT2D eigenvalue weighted by atomic mass is 32.1. The number of methoxy groups -OCH3 is 2. The van der Waals surface area contributed by atoms with Crippen LogP contribution in [0.1, 0.15) is 23.1 Å². The predicted octanol–water partition coefficient (Wildman–Crippen LogP) is 4.81. The number of rotatable bonds is 9. The van der Waals surface area contributed by atoms with E-state index in [9.17, 15) is 0 Å². The number of imidazole rings is 1. The molecular weight excluding hydrogens is 408 g/mol. The van der Waals surface area contributed by atoms with E-state index in [1.165, 1.54) is 11.1 Å². The number of benzene rings is 2. The molecule has 0 bridgehead atoms. The molecule has 0 aliphatic heterocycles. The summed E-state index contributed by atoms with van der Waals surface area (Å²) in [6, 6.07) is 12.1. The number of anilines is 1. The van der Waals surface area contributed by atoms with Gasteiger partial charge in [0.25, 0.3) is 0 Å². The lowest BCUT2D eigenvalue weighted by Crippen LogP contribution is -2.35. The van der Waals surface area contributed by atoms with Gasteiger partial charge in [0.05, 0.1) is 20.5 Å². The minimum atomic E-state index is 0.633. The van der Waals surface area contributed by atoms with Gasteiger partial charge in [0.1, 0.15) is 11.5 Å². The van der Waals surface area contributed by atoms with Crippen molar-refractivity contribution in [3.63, 3.8) is 0 Å². The number of aryl methyl sites for hydroxylation is 2. The minimum Gasteiger partial charge on any atom is -0.497 e. The van der Waals surface area contributed by atoms with Crippen LogP contribution in [-0.2, 0) is 13.1 Å². The van der Waals surface area contributed by atoms with Gasteiger partial charge in [-0.1, -0.05) is 12.1 Å². The molecule has 2 aromatic carbocycles. The van der Waals surface area contributed by atoms with Gasteiger partial charge < -0.3 is 24.3 Å². The lowest BCUT2D eigenvalue weighted by molar-refractivity contribution is 0.366. The highest BCUT2D eigenvalue weighted by Gasteiger charge is 2.15. The number of nitrogens with zero attached hydrogens (tertiary/aromatic N) is 3. The summed E-state index contributed by atoms with van der Waals surface area (Å²) in [5, 5.41) is 4.14. The van der Waals surface area contributed by atoms with E-state index in [0.29, 0.717) is 11.7 Å². The first kappa shape index (κ1) is 22.6. The Labute approximate surface area is 189 Å². The van der Waals surface area contributed by atoms with Crippen LogP contribution >= 0.6 is 12.2 Å². The molecule has 1 N–H and O–H groups in total. The average Bonchev–Trinajstić information content (AvgIpc) is 3.29. The molecule has 0 amide bonds. The first-order chi connectivity index (χ1) is 15.0. The van der Waals surface area contributed by atoms with E-state index >= 15 is 0 Å². The van der Waals surface area contributed by atoms with Crippen LogP contribution in [0.3, 0.4) is 0 Å². The van der Waals surface area contributed by atoms with Gasteiger partial charge in [-0.25, -0.2) is 4.98 Å². The van der Waals surface area contributed by atoms with Crippen LogP contribution < -0.4 is 14.8 Å². The van der Waals surface area contributed by atoms with Gasteiger partial charge in [0, 0.05) is 49.3 Å². The van der Waals surface area contributed by atoms with Crippen molar-refractivity contribution in [1.29, 1.82) is 0 Å². The van der Waals surface area contributed by atoms with E-state index in [2.05, 4.69) is 45.7 Å². The number of nitrogens with one attached hydrogen (secondary N) is 1. The number of aromatic nitrogens is 2. The normalized spacial score (nSPS) is 10.6. The fraction of sp³-hybridized carbons (Fsp3) is 0.333. The Morgan fingerprint density at radius 3 is 2.71 bits per heavy atom. The fourth-order valence-electron chi connectivity index (χ4n) is 3.38. The van der Waals surface area contributed by atoms with Crippen LogP contribution in [0.4, 0.5) is 5.69 Å². The maximum atomic E-state index is 5.83. The van der Waals surface area contributed by atoms with Gasteiger partial charge in [0.2, 0.25) is 0 Å². The van der Waals surface area contributed by atoms with Crippen molar-refractivity contribution in [2.75, 3.05) is 26.1 Å². The van der Waals surface area contributed by atoms with Crippen molar-refractivity contribution < 1.29 is 9.47 Å². The first-order valence-corrected chi connectivity index (χ1v) is 10.7. The maximum absolute atomic E-state index is 5.83. The number of ether oxygens (including phenoxy) is 2. The zero-order valence-corrected chi connectivity index (χ0v) is 19.4.